The second kappa shape index (κ2) is 8.01. The number of sulfonamides is 1. The van der Waals surface area contributed by atoms with Gasteiger partial charge in [-0.15, -0.1) is 0 Å². The van der Waals surface area contributed by atoms with Gasteiger partial charge in [0.1, 0.15) is 23.9 Å². The summed E-state index contributed by atoms with van der Waals surface area (Å²) in [5, 5.41) is 5.76. The number of esters is 1. The fraction of sp³-hybridized carbons (Fsp3) is 0.214. The number of carbonyl (C=O) groups excluding carboxylic acids is 2. The van der Waals surface area contributed by atoms with Crippen LogP contribution in [0, 0.1) is 18.6 Å². The number of nitrogens with zero attached hydrogens (tertiary/aromatic N) is 1. The molecule has 0 fully saturated rings. The monoisotopic (exact) mass is 389 g/mol. The molecule has 1 aromatic carbocycles. The van der Waals surface area contributed by atoms with E-state index in [1.165, 1.54) is 6.07 Å². The Morgan fingerprint density at radius 3 is 2.50 bits per heavy atom. The number of anilines is 1. The molecule has 2 rings (SSSR count). The van der Waals surface area contributed by atoms with Crippen LogP contribution in [0.15, 0.2) is 33.7 Å². The average Bonchev–Trinajstić information content (AvgIpc) is 2.95. The van der Waals surface area contributed by atoms with Gasteiger partial charge in [-0.1, -0.05) is 11.2 Å². The van der Waals surface area contributed by atoms with Crippen LogP contribution in [0.1, 0.15) is 5.76 Å². The molecule has 0 radical (unpaired) electrons. The number of amides is 1. The van der Waals surface area contributed by atoms with Crippen LogP contribution in [-0.4, -0.2) is 38.6 Å². The molecule has 0 aliphatic rings. The smallest absolute Gasteiger partial charge is 0.321 e. The molecule has 2 N–H and O–H groups in total. The van der Waals surface area contributed by atoms with E-state index in [-0.39, 0.29) is 5.82 Å². The number of hydrogen-bond acceptors (Lipinski definition) is 7. The molecular weight excluding hydrogens is 376 g/mol. The van der Waals surface area contributed by atoms with Crippen LogP contribution in [0.3, 0.4) is 0 Å². The largest absolute Gasteiger partial charge is 0.455 e. The summed E-state index contributed by atoms with van der Waals surface area (Å²) in [5.41, 5.74) is 0. The van der Waals surface area contributed by atoms with Crippen LogP contribution >= 0.6 is 0 Å². The van der Waals surface area contributed by atoms with Gasteiger partial charge in [-0.2, -0.15) is 4.72 Å². The Labute approximate surface area is 146 Å². The molecule has 0 saturated heterocycles. The Morgan fingerprint density at radius 2 is 1.92 bits per heavy atom. The minimum Gasteiger partial charge on any atom is -0.455 e. The van der Waals surface area contributed by atoms with E-state index in [1.54, 1.807) is 11.6 Å². The van der Waals surface area contributed by atoms with E-state index in [4.69, 9.17) is 4.52 Å². The Balaban J connectivity index is 1.85. The van der Waals surface area contributed by atoms with Gasteiger partial charge >= 0.3 is 5.97 Å². The van der Waals surface area contributed by atoms with Crippen molar-refractivity contribution in [1.82, 2.24) is 9.88 Å². The highest BCUT2D eigenvalue weighted by Crippen LogP contribution is 2.17. The van der Waals surface area contributed by atoms with Crippen molar-refractivity contribution < 1.29 is 36.0 Å². The second-order valence-corrected chi connectivity index (χ2v) is 6.61. The summed E-state index contributed by atoms with van der Waals surface area (Å²) in [7, 11) is -4.62. The van der Waals surface area contributed by atoms with E-state index in [1.807, 2.05) is 0 Å². The molecular formula is C14H13F2N3O6S. The first kappa shape index (κ1) is 19.5. The zero-order valence-electron chi connectivity index (χ0n) is 13.3. The van der Waals surface area contributed by atoms with Crippen molar-refractivity contribution in [3.05, 3.63) is 41.7 Å². The molecule has 12 heteroatoms. The zero-order valence-corrected chi connectivity index (χ0v) is 14.1. The van der Waals surface area contributed by atoms with Gasteiger partial charge in [-0.3, -0.25) is 9.59 Å². The van der Waals surface area contributed by atoms with Gasteiger partial charge in [0.25, 0.3) is 5.91 Å². The molecule has 1 aromatic heterocycles. The van der Waals surface area contributed by atoms with E-state index < -0.39 is 51.6 Å². The maximum atomic E-state index is 13.5. The van der Waals surface area contributed by atoms with Crippen molar-refractivity contribution >= 4 is 27.7 Å². The molecule has 0 aliphatic heterocycles. The number of benzene rings is 1. The molecule has 140 valence electrons. The highest BCUT2D eigenvalue weighted by Gasteiger charge is 2.24. The van der Waals surface area contributed by atoms with E-state index in [0.717, 1.165) is 18.2 Å². The highest BCUT2D eigenvalue weighted by atomic mass is 32.2. The summed E-state index contributed by atoms with van der Waals surface area (Å²) in [4.78, 5) is 21.8. The maximum Gasteiger partial charge on any atom is 0.321 e. The van der Waals surface area contributed by atoms with E-state index in [2.05, 4.69) is 15.2 Å². The SMILES string of the molecule is Cc1cc(NC(=O)COC(=O)CNS(=O)(=O)c2c(F)cccc2F)no1. The molecule has 1 heterocycles. The summed E-state index contributed by atoms with van der Waals surface area (Å²) in [6, 6.07) is 3.93. The number of rotatable bonds is 7. The Hall–Kier alpha value is -2.86. The molecule has 0 unspecified atom stereocenters. The number of hydrogen-bond donors (Lipinski definition) is 2. The number of carbonyl (C=O) groups is 2. The maximum absolute atomic E-state index is 13.5. The average molecular weight is 389 g/mol. The first-order valence-corrected chi connectivity index (χ1v) is 8.50. The van der Waals surface area contributed by atoms with Gasteiger partial charge < -0.3 is 14.6 Å². The van der Waals surface area contributed by atoms with Gasteiger partial charge in [0.2, 0.25) is 10.0 Å². The van der Waals surface area contributed by atoms with Crippen LogP contribution in [0.5, 0.6) is 0 Å². The van der Waals surface area contributed by atoms with Gasteiger partial charge in [0.15, 0.2) is 17.3 Å². The third-order valence-corrected chi connectivity index (χ3v) is 4.31. The third-order valence-electron chi connectivity index (χ3n) is 2.85. The molecule has 26 heavy (non-hydrogen) atoms. The first-order valence-electron chi connectivity index (χ1n) is 7.01. The lowest BCUT2D eigenvalue weighted by Gasteiger charge is -2.08. The fourth-order valence-corrected chi connectivity index (χ4v) is 2.87. The fourth-order valence-electron chi connectivity index (χ4n) is 1.77. The summed E-state index contributed by atoms with van der Waals surface area (Å²) < 4.78 is 61.7. The molecule has 0 bridgehead atoms. The van der Waals surface area contributed by atoms with Crippen molar-refractivity contribution in [3.8, 4) is 0 Å². The van der Waals surface area contributed by atoms with Crippen LogP contribution in [0.4, 0.5) is 14.6 Å². The molecule has 0 atom stereocenters. The molecule has 0 saturated carbocycles. The zero-order chi connectivity index (χ0) is 19.3. The standard InChI is InChI=1S/C14H13F2N3O6S/c1-8-5-11(19-25-8)18-12(20)7-24-13(21)6-17-26(22,23)14-9(15)3-2-4-10(14)16/h2-5,17H,6-7H2,1H3,(H,18,19,20). The third kappa shape index (κ3) is 5.07. The van der Waals surface area contributed by atoms with Gasteiger partial charge in [0, 0.05) is 6.07 Å². The molecule has 0 spiro atoms. The van der Waals surface area contributed by atoms with Crippen LogP contribution in [-0.2, 0) is 24.3 Å². The van der Waals surface area contributed by atoms with E-state index in [9.17, 15) is 26.8 Å². The predicted octanol–water partition coefficient (Wildman–Crippen LogP) is 0.721. The van der Waals surface area contributed by atoms with Crippen LogP contribution in [0.25, 0.3) is 0 Å². The van der Waals surface area contributed by atoms with Gasteiger partial charge in [-0.25, -0.2) is 17.2 Å². The number of ether oxygens (including phenoxy) is 1. The van der Waals surface area contributed by atoms with Crippen molar-refractivity contribution in [2.45, 2.75) is 11.8 Å². The number of aryl methyl sites for hydroxylation is 1. The Bertz CT molecular complexity index is 908. The number of halogens is 2. The van der Waals surface area contributed by atoms with E-state index in [0.29, 0.717) is 5.76 Å². The first-order chi connectivity index (χ1) is 12.2. The minimum absolute atomic E-state index is 0.110. The van der Waals surface area contributed by atoms with Crippen molar-refractivity contribution in [3.63, 3.8) is 0 Å². The van der Waals surface area contributed by atoms with Crippen molar-refractivity contribution in [2.75, 3.05) is 18.5 Å². The van der Waals surface area contributed by atoms with E-state index >= 15 is 0 Å². The molecule has 1 amide bonds. The van der Waals surface area contributed by atoms with Crippen LogP contribution < -0.4 is 10.0 Å². The van der Waals surface area contributed by atoms with Gasteiger partial charge in [-0.05, 0) is 19.1 Å². The van der Waals surface area contributed by atoms with Gasteiger partial charge in [0.05, 0.1) is 0 Å². The molecule has 2 aromatic rings. The quantitative estimate of drug-likeness (QED) is 0.668. The van der Waals surface area contributed by atoms with Crippen molar-refractivity contribution in [1.29, 1.82) is 0 Å². The normalized spacial score (nSPS) is 11.2. The summed E-state index contributed by atoms with van der Waals surface area (Å²) in [6.07, 6.45) is 0. The summed E-state index contributed by atoms with van der Waals surface area (Å²) in [5.74, 6) is -3.93. The molecule has 0 aliphatic carbocycles. The number of aromatic nitrogens is 1. The Kier molecular flexibility index (Phi) is 6.00. The Morgan fingerprint density at radius 1 is 1.27 bits per heavy atom. The lowest BCUT2D eigenvalue weighted by molar-refractivity contribution is -0.146. The second-order valence-electron chi connectivity index (χ2n) is 4.91. The molecule has 9 nitrogen and oxygen atoms in total. The minimum atomic E-state index is -4.62. The summed E-state index contributed by atoms with van der Waals surface area (Å²) >= 11 is 0. The highest BCUT2D eigenvalue weighted by molar-refractivity contribution is 7.89. The predicted molar refractivity (Wildman–Crippen MR) is 82.4 cm³/mol. The lowest BCUT2D eigenvalue weighted by atomic mass is 10.3. The topological polar surface area (TPSA) is 128 Å². The summed E-state index contributed by atoms with van der Waals surface area (Å²) in [6.45, 7) is -0.0415. The lowest BCUT2D eigenvalue weighted by Crippen LogP contribution is -2.33. The van der Waals surface area contributed by atoms with Crippen LogP contribution in [0.2, 0.25) is 0 Å². The van der Waals surface area contributed by atoms with Crippen molar-refractivity contribution in [2.24, 2.45) is 0 Å². The number of nitrogens with one attached hydrogen (secondary N) is 2.